The molecule has 88 valence electrons. The van der Waals surface area contributed by atoms with Gasteiger partial charge >= 0.3 is 0 Å². The number of nitrogens with two attached hydrogens (primary N) is 1. The maximum absolute atomic E-state index is 12.7. The van der Waals surface area contributed by atoms with Crippen molar-refractivity contribution < 1.29 is 4.39 Å². The molecule has 0 fully saturated rings. The van der Waals surface area contributed by atoms with E-state index in [1.165, 1.54) is 12.1 Å². The Morgan fingerprint density at radius 1 is 1.44 bits per heavy atom. The zero-order chi connectivity index (χ0) is 12.1. The predicted octanol–water partition coefficient (Wildman–Crippen LogP) is 2.32. The number of rotatable bonds is 5. The highest BCUT2D eigenvalue weighted by atomic mass is 32.1. The van der Waals surface area contributed by atoms with Crippen LogP contribution < -0.4 is 5.73 Å². The van der Waals surface area contributed by atoms with Crippen molar-refractivity contribution in [2.24, 2.45) is 5.73 Å². The summed E-state index contributed by atoms with van der Waals surface area (Å²) in [5.41, 5.74) is 6.58. The molecule has 0 aliphatic rings. The fraction of sp³-hybridized carbons (Fsp3) is 0.417. The van der Waals surface area contributed by atoms with E-state index in [0.717, 1.165) is 12.1 Å². The molecule has 1 rings (SSSR count). The Kier molecular flexibility index (Phi) is 4.83. The molecule has 0 amide bonds. The molecule has 1 atom stereocenters. The molecular weight excluding hydrogens is 223 g/mol. The van der Waals surface area contributed by atoms with E-state index in [9.17, 15) is 4.39 Å². The third-order valence-electron chi connectivity index (χ3n) is 2.59. The Morgan fingerprint density at radius 3 is 2.50 bits per heavy atom. The summed E-state index contributed by atoms with van der Waals surface area (Å²) in [5.74, 6) is -0.206. The van der Waals surface area contributed by atoms with Crippen LogP contribution in [0.15, 0.2) is 24.3 Å². The quantitative estimate of drug-likeness (QED) is 0.801. The molecule has 0 saturated carbocycles. The fourth-order valence-electron chi connectivity index (χ4n) is 1.48. The molecule has 0 aliphatic carbocycles. The molecule has 4 heteroatoms. The minimum atomic E-state index is -0.206. The van der Waals surface area contributed by atoms with Gasteiger partial charge in [0, 0.05) is 19.0 Å². The summed E-state index contributed by atoms with van der Waals surface area (Å²) in [5, 5.41) is 0. The fourth-order valence-corrected chi connectivity index (χ4v) is 1.72. The van der Waals surface area contributed by atoms with Crippen molar-refractivity contribution in [1.82, 2.24) is 4.90 Å². The summed E-state index contributed by atoms with van der Waals surface area (Å²) >= 11 is 4.87. The van der Waals surface area contributed by atoms with Gasteiger partial charge in [0.2, 0.25) is 0 Å². The smallest absolute Gasteiger partial charge is 0.123 e. The van der Waals surface area contributed by atoms with Crippen molar-refractivity contribution in [2.75, 3.05) is 7.05 Å². The molecule has 1 unspecified atom stereocenters. The molecule has 0 radical (unpaired) electrons. The average Bonchev–Trinajstić information content (AvgIpc) is 2.20. The van der Waals surface area contributed by atoms with Gasteiger partial charge in [-0.05, 0) is 31.7 Å². The highest BCUT2D eigenvalue weighted by molar-refractivity contribution is 7.80. The number of halogens is 1. The van der Waals surface area contributed by atoms with Crippen molar-refractivity contribution in [3.63, 3.8) is 0 Å². The van der Waals surface area contributed by atoms with E-state index in [2.05, 4.69) is 11.8 Å². The van der Waals surface area contributed by atoms with Gasteiger partial charge < -0.3 is 5.73 Å². The van der Waals surface area contributed by atoms with Gasteiger partial charge in [0.15, 0.2) is 0 Å². The van der Waals surface area contributed by atoms with E-state index in [0.29, 0.717) is 17.5 Å². The summed E-state index contributed by atoms with van der Waals surface area (Å²) in [6.07, 6.45) is 0.701. The second kappa shape index (κ2) is 5.92. The third-order valence-corrected chi connectivity index (χ3v) is 2.76. The van der Waals surface area contributed by atoms with Gasteiger partial charge in [0.1, 0.15) is 5.82 Å². The van der Waals surface area contributed by atoms with E-state index in [4.69, 9.17) is 18.0 Å². The Morgan fingerprint density at radius 2 is 2.00 bits per heavy atom. The molecule has 1 aromatic carbocycles. The van der Waals surface area contributed by atoms with Crippen molar-refractivity contribution in [3.05, 3.63) is 35.6 Å². The first-order valence-electron chi connectivity index (χ1n) is 5.22. The molecule has 2 nitrogen and oxygen atoms in total. The van der Waals surface area contributed by atoms with Crippen molar-refractivity contribution >= 4 is 17.2 Å². The SMILES string of the molecule is CC(CC(N)=S)N(C)Cc1ccc(F)cc1. The van der Waals surface area contributed by atoms with Crippen LogP contribution in [-0.4, -0.2) is 23.0 Å². The minimum absolute atomic E-state index is 0.206. The summed E-state index contributed by atoms with van der Waals surface area (Å²) < 4.78 is 12.7. The van der Waals surface area contributed by atoms with Gasteiger partial charge in [-0.2, -0.15) is 0 Å². The summed E-state index contributed by atoms with van der Waals surface area (Å²) in [4.78, 5) is 2.67. The number of benzene rings is 1. The molecule has 0 bridgehead atoms. The van der Waals surface area contributed by atoms with Gasteiger partial charge in [-0.1, -0.05) is 24.4 Å². The van der Waals surface area contributed by atoms with E-state index >= 15 is 0 Å². The Labute approximate surface area is 101 Å². The number of thiocarbonyl (C=S) groups is 1. The van der Waals surface area contributed by atoms with Crippen LogP contribution >= 0.6 is 12.2 Å². The number of nitrogens with zero attached hydrogens (tertiary/aromatic N) is 1. The molecular formula is C12H17FN2S. The van der Waals surface area contributed by atoms with E-state index in [1.54, 1.807) is 12.1 Å². The van der Waals surface area contributed by atoms with Gasteiger partial charge in [0.05, 0.1) is 4.99 Å². The summed E-state index contributed by atoms with van der Waals surface area (Å²) in [6.45, 7) is 2.84. The Bertz CT molecular complexity index is 351. The van der Waals surface area contributed by atoms with E-state index in [-0.39, 0.29) is 5.82 Å². The van der Waals surface area contributed by atoms with Crippen LogP contribution in [0.2, 0.25) is 0 Å². The standard InChI is InChI=1S/C12H17FN2S/c1-9(7-12(14)16)15(2)8-10-3-5-11(13)6-4-10/h3-6,9H,7-8H2,1-2H3,(H2,14,16). The zero-order valence-electron chi connectivity index (χ0n) is 9.61. The number of hydrogen-bond donors (Lipinski definition) is 1. The zero-order valence-corrected chi connectivity index (χ0v) is 10.4. The first-order valence-corrected chi connectivity index (χ1v) is 5.63. The second-order valence-electron chi connectivity index (χ2n) is 4.06. The van der Waals surface area contributed by atoms with Crippen LogP contribution in [0.5, 0.6) is 0 Å². The van der Waals surface area contributed by atoms with Crippen LogP contribution in [0.25, 0.3) is 0 Å². The molecule has 0 heterocycles. The maximum atomic E-state index is 12.7. The Balaban J connectivity index is 2.53. The monoisotopic (exact) mass is 240 g/mol. The molecule has 16 heavy (non-hydrogen) atoms. The highest BCUT2D eigenvalue weighted by Gasteiger charge is 2.10. The van der Waals surface area contributed by atoms with Gasteiger partial charge in [-0.25, -0.2) is 4.39 Å². The lowest BCUT2D eigenvalue weighted by Crippen LogP contribution is -2.32. The van der Waals surface area contributed by atoms with Crippen LogP contribution in [0.4, 0.5) is 4.39 Å². The molecule has 0 aliphatic heterocycles. The first kappa shape index (κ1) is 13.1. The van der Waals surface area contributed by atoms with Crippen molar-refractivity contribution in [2.45, 2.75) is 25.9 Å². The topological polar surface area (TPSA) is 29.3 Å². The van der Waals surface area contributed by atoms with E-state index < -0.39 is 0 Å². The summed E-state index contributed by atoms with van der Waals surface area (Å²) in [6, 6.07) is 6.82. The predicted molar refractivity (Wildman–Crippen MR) is 68.7 cm³/mol. The lowest BCUT2D eigenvalue weighted by atomic mass is 10.1. The van der Waals surface area contributed by atoms with Crippen LogP contribution in [0.3, 0.4) is 0 Å². The lowest BCUT2D eigenvalue weighted by molar-refractivity contribution is 0.255. The molecule has 2 N–H and O–H groups in total. The van der Waals surface area contributed by atoms with Crippen LogP contribution in [0, 0.1) is 5.82 Å². The molecule has 0 saturated heterocycles. The van der Waals surface area contributed by atoms with Crippen LogP contribution in [0.1, 0.15) is 18.9 Å². The molecule has 0 aromatic heterocycles. The molecule has 1 aromatic rings. The average molecular weight is 240 g/mol. The van der Waals surface area contributed by atoms with Crippen LogP contribution in [-0.2, 0) is 6.54 Å². The minimum Gasteiger partial charge on any atom is -0.393 e. The van der Waals surface area contributed by atoms with Crippen molar-refractivity contribution in [1.29, 1.82) is 0 Å². The first-order chi connectivity index (χ1) is 7.49. The third kappa shape index (κ3) is 4.24. The van der Waals surface area contributed by atoms with Gasteiger partial charge in [-0.3, -0.25) is 4.90 Å². The summed E-state index contributed by atoms with van der Waals surface area (Å²) in [7, 11) is 2.01. The van der Waals surface area contributed by atoms with Gasteiger partial charge in [-0.15, -0.1) is 0 Å². The Hall–Kier alpha value is -1.00. The lowest BCUT2D eigenvalue weighted by Gasteiger charge is -2.24. The van der Waals surface area contributed by atoms with E-state index in [1.807, 2.05) is 7.05 Å². The normalized spacial score (nSPS) is 12.8. The molecule has 0 spiro atoms. The highest BCUT2D eigenvalue weighted by Crippen LogP contribution is 2.09. The maximum Gasteiger partial charge on any atom is 0.123 e. The number of hydrogen-bond acceptors (Lipinski definition) is 2. The largest absolute Gasteiger partial charge is 0.393 e. The van der Waals surface area contributed by atoms with Gasteiger partial charge in [0.25, 0.3) is 0 Å². The second-order valence-corrected chi connectivity index (χ2v) is 4.59. The van der Waals surface area contributed by atoms with Crippen molar-refractivity contribution in [3.8, 4) is 0 Å².